The van der Waals surface area contributed by atoms with Crippen molar-refractivity contribution in [2.75, 3.05) is 6.54 Å². The number of hydrogen-bond donors (Lipinski definition) is 2. The molecule has 4 nitrogen and oxygen atoms in total. The molecular formula is C9H14N2O2. The first kappa shape index (κ1) is 8.53. The summed E-state index contributed by atoms with van der Waals surface area (Å²) in [7, 11) is 0. The molecule has 2 rings (SSSR count). The zero-order valence-electron chi connectivity index (χ0n) is 7.51. The molecule has 2 amide bonds. The fraction of sp³-hybridized carbons (Fsp3) is 0.778. The number of fused-ring (bicyclic) bond motifs is 1. The molecule has 0 aliphatic carbocycles. The maximum absolute atomic E-state index is 11.2. The van der Waals surface area contributed by atoms with Crippen LogP contribution in [0, 0.1) is 5.92 Å². The second-order valence-corrected chi connectivity index (χ2v) is 3.82. The first-order valence-electron chi connectivity index (χ1n) is 4.82. The maximum Gasteiger partial charge on any atom is 0.222 e. The van der Waals surface area contributed by atoms with Crippen molar-refractivity contribution in [2.45, 2.75) is 31.7 Å². The molecule has 2 saturated heterocycles. The maximum atomic E-state index is 11.2. The van der Waals surface area contributed by atoms with Crippen LogP contribution in [0.1, 0.15) is 25.7 Å². The smallest absolute Gasteiger partial charge is 0.222 e. The third kappa shape index (κ3) is 1.82. The molecule has 2 unspecified atom stereocenters. The molecule has 0 spiro atoms. The second kappa shape index (κ2) is 3.36. The van der Waals surface area contributed by atoms with Crippen LogP contribution in [0.3, 0.4) is 0 Å². The number of hydrogen-bond acceptors (Lipinski definition) is 2. The van der Waals surface area contributed by atoms with Crippen LogP contribution in [0.2, 0.25) is 0 Å². The van der Waals surface area contributed by atoms with Gasteiger partial charge in [-0.05, 0) is 18.8 Å². The monoisotopic (exact) mass is 182 g/mol. The fourth-order valence-corrected chi connectivity index (χ4v) is 2.15. The average Bonchev–Trinajstić information content (AvgIpc) is 2.25. The van der Waals surface area contributed by atoms with Crippen molar-refractivity contribution in [3.63, 3.8) is 0 Å². The second-order valence-electron chi connectivity index (χ2n) is 3.82. The highest BCUT2D eigenvalue weighted by molar-refractivity contribution is 5.80. The number of carbonyl (C=O) groups is 2. The molecule has 2 N–H and O–H groups in total. The minimum absolute atomic E-state index is 0.0645. The van der Waals surface area contributed by atoms with E-state index in [0.717, 1.165) is 19.4 Å². The van der Waals surface area contributed by atoms with Crippen molar-refractivity contribution in [1.29, 1.82) is 0 Å². The van der Waals surface area contributed by atoms with Crippen molar-refractivity contribution in [2.24, 2.45) is 5.92 Å². The Hall–Kier alpha value is -1.06. The lowest BCUT2D eigenvalue weighted by molar-refractivity contribution is -0.125. The van der Waals surface area contributed by atoms with Gasteiger partial charge in [-0.15, -0.1) is 0 Å². The molecule has 2 atom stereocenters. The van der Waals surface area contributed by atoms with Gasteiger partial charge in [0.25, 0.3) is 0 Å². The van der Waals surface area contributed by atoms with Crippen molar-refractivity contribution in [3.05, 3.63) is 0 Å². The van der Waals surface area contributed by atoms with Crippen LogP contribution in [0.15, 0.2) is 0 Å². The molecule has 0 aromatic carbocycles. The largest absolute Gasteiger partial charge is 0.356 e. The highest BCUT2D eigenvalue weighted by Gasteiger charge is 2.31. The predicted octanol–water partition coefficient (Wildman–Crippen LogP) is -0.209. The molecular weight excluding hydrogens is 168 g/mol. The zero-order valence-corrected chi connectivity index (χ0v) is 7.51. The van der Waals surface area contributed by atoms with Crippen molar-refractivity contribution in [1.82, 2.24) is 10.6 Å². The predicted molar refractivity (Wildman–Crippen MR) is 46.9 cm³/mol. The van der Waals surface area contributed by atoms with E-state index in [1.54, 1.807) is 0 Å². The first-order valence-corrected chi connectivity index (χ1v) is 4.82. The summed E-state index contributed by atoms with van der Waals surface area (Å²) in [5.74, 6) is 0.655. The van der Waals surface area contributed by atoms with Gasteiger partial charge in [-0.2, -0.15) is 0 Å². The van der Waals surface area contributed by atoms with Crippen LogP contribution >= 0.6 is 0 Å². The summed E-state index contributed by atoms with van der Waals surface area (Å²) >= 11 is 0. The SMILES string of the molecule is O=C1CC2NC(=O)CCC2CCN1. The summed E-state index contributed by atoms with van der Waals surface area (Å²) in [4.78, 5) is 22.3. The Morgan fingerprint density at radius 1 is 1.15 bits per heavy atom. The van der Waals surface area contributed by atoms with E-state index in [4.69, 9.17) is 0 Å². The lowest BCUT2D eigenvalue weighted by Gasteiger charge is -2.29. The fourth-order valence-electron chi connectivity index (χ4n) is 2.15. The van der Waals surface area contributed by atoms with Gasteiger partial charge in [0, 0.05) is 25.4 Å². The van der Waals surface area contributed by atoms with Gasteiger partial charge in [-0.3, -0.25) is 9.59 Å². The summed E-state index contributed by atoms with van der Waals surface area (Å²) < 4.78 is 0. The number of piperidine rings is 1. The molecule has 0 aromatic heterocycles. The lowest BCUT2D eigenvalue weighted by Crippen LogP contribution is -2.45. The van der Waals surface area contributed by atoms with E-state index in [1.165, 1.54) is 0 Å². The van der Waals surface area contributed by atoms with E-state index in [1.807, 2.05) is 0 Å². The summed E-state index contributed by atoms with van der Waals surface area (Å²) in [6.45, 7) is 0.760. The molecule has 0 aromatic rings. The molecule has 13 heavy (non-hydrogen) atoms. The summed E-state index contributed by atoms with van der Waals surface area (Å²) in [5.41, 5.74) is 0. The van der Waals surface area contributed by atoms with Crippen LogP contribution in [-0.4, -0.2) is 24.4 Å². The van der Waals surface area contributed by atoms with Crippen LogP contribution in [0.25, 0.3) is 0 Å². The van der Waals surface area contributed by atoms with E-state index in [0.29, 0.717) is 18.8 Å². The molecule has 72 valence electrons. The molecule has 2 heterocycles. The quantitative estimate of drug-likeness (QED) is 0.544. The van der Waals surface area contributed by atoms with E-state index in [-0.39, 0.29) is 17.9 Å². The van der Waals surface area contributed by atoms with Gasteiger partial charge >= 0.3 is 0 Å². The first-order chi connectivity index (χ1) is 6.25. The number of carbonyl (C=O) groups excluding carboxylic acids is 2. The zero-order chi connectivity index (χ0) is 9.26. The minimum Gasteiger partial charge on any atom is -0.356 e. The third-order valence-electron chi connectivity index (χ3n) is 2.90. The van der Waals surface area contributed by atoms with E-state index < -0.39 is 0 Å². The molecule has 2 aliphatic heterocycles. The highest BCUT2D eigenvalue weighted by atomic mass is 16.2. The topological polar surface area (TPSA) is 58.2 Å². The molecule has 0 saturated carbocycles. The van der Waals surface area contributed by atoms with E-state index >= 15 is 0 Å². The number of amides is 2. The minimum atomic E-state index is 0.0645. The molecule has 0 bridgehead atoms. The Labute approximate surface area is 77.1 Å². The van der Waals surface area contributed by atoms with Gasteiger partial charge in [-0.25, -0.2) is 0 Å². The van der Waals surface area contributed by atoms with E-state index in [2.05, 4.69) is 10.6 Å². The normalized spacial score (nSPS) is 34.2. The Kier molecular flexibility index (Phi) is 2.20. The van der Waals surface area contributed by atoms with Crippen molar-refractivity contribution in [3.8, 4) is 0 Å². The van der Waals surface area contributed by atoms with Gasteiger partial charge in [0.2, 0.25) is 11.8 Å². The Morgan fingerprint density at radius 2 is 2.00 bits per heavy atom. The summed E-state index contributed by atoms with van der Waals surface area (Å²) in [5, 5.41) is 5.71. The van der Waals surface area contributed by atoms with Gasteiger partial charge in [0.15, 0.2) is 0 Å². The number of nitrogens with one attached hydrogen (secondary N) is 2. The van der Waals surface area contributed by atoms with Gasteiger partial charge < -0.3 is 10.6 Å². The third-order valence-corrected chi connectivity index (χ3v) is 2.90. The van der Waals surface area contributed by atoms with Gasteiger partial charge in [0.05, 0.1) is 0 Å². The van der Waals surface area contributed by atoms with Crippen molar-refractivity contribution < 1.29 is 9.59 Å². The Balaban J connectivity index is 2.05. The average molecular weight is 182 g/mol. The van der Waals surface area contributed by atoms with Crippen LogP contribution in [-0.2, 0) is 9.59 Å². The summed E-state index contributed by atoms with van der Waals surface area (Å²) in [6, 6.07) is 0.0868. The van der Waals surface area contributed by atoms with Crippen molar-refractivity contribution >= 4 is 11.8 Å². The number of rotatable bonds is 0. The van der Waals surface area contributed by atoms with Gasteiger partial charge in [-0.1, -0.05) is 0 Å². The standard InChI is InChI=1S/C9H14N2O2/c12-8-2-1-6-3-4-10-9(13)5-7(6)11-8/h6-7H,1-5H2,(H,10,13)(H,11,12). The van der Waals surface area contributed by atoms with Crippen LogP contribution < -0.4 is 10.6 Å². The van der Waals surface area contributed by atoms with Crippen LogP contribution in [0.4, 0.5) is 0 Å². The Bertz CT molecular complexity index is 240. The lowest BCUT2D eigenvalue weighted by atomic mass is 9.87. The highest BCUT2D eigenvalue weighted by Crippen LogP contribution is 2.23. The van der Waals surface area contributed by atoms with Crippen LogP contribution in [0.5, 0.6) is 0 Å². The molecule has 0 radical (unpaired) electrons. The summed E-state index contributed by atoms with van der Waals surface area (Å²) in [6.07, 6.45) is 3.01. The molecule has 2 aliphatic rings. The molecule has 4 heteroatoms. The molecule has 2 fully saturated rings. The van der Waals surface area contributed by atoms with Gasteiger partial charge in [0.1, 0.15) is 0 Å². The van der Waals surface area contributed by atoms with E-state index in [9.17, 15) is 9.59 Å². The Morgan fingerprint density at radius 3 is 2.85 bits per heavy atom.